The van der Waals surface area contributed by atoms with Crippen LogP contribution in [0, 0.1) is 6.92 Å². The minimum atomic E-state index is -3.85. The number of nitrogens with one attached hydrogen (secondary N) is 1. The molecule has 27 heavy (non-hydrogen) atoms. The van der Waals surface area contributed by atoms with Gasteiger partial charge in [0.15, 0.2) is 0 Å². The van der Waals surface area contributed by atoms with Gasteiger partial charge in [-0.25, -0.2) is 8.42 Å². The number of H-pyrrole nitrogens is 1. The molecule has 1 aliphatic heterocycles. The van der Waals surface area contributed by atoms with Crippen LogP contribution in [0.15, 0.2) is 53.4 Å². The second-order valence-corrected chi connectivity index (χ2v) is 8.62. The van der Waals surface area contributed by atoms with Gasteiger partial charge in [0.05, 0.1) is 18.6 Å². The highest BCUT2D eigenvalue weighted by atomic mass is 32.2. The first-order valence-electron chi connectivity index (χ1n) is 8.66. The topological polar surface area (TPSA) is 79.5 Å². The zero-order chi connectivity index (χ0) is 19.2. The van der Waals surface area contributed by atoms with Crippen LogP contribution in [0.4, 0.5) is 0 Å². The summed E-state index contributed by atoms with van der Waals surface area (Å²) in [6.07, 6.45) is 0.275. The molecule has 1 atom stereocenters. The van der Waals surface area contributed by atoms with Gasteiger partial charge in [0.1, 0.15) is 6.04 Å². The minimum absolute atomic E-state index is 0.0972. The summed E-state index contributed by atoms with van der Waals surface area (Å²) in [7, 11) is -2.57. The van der Waals surface area contributed by atoms with Crippen molar-refractivity contribution < 1.29 is 17.9 Å². The van der Waals surface area contributed by atoms with Crippen molar-refractivity contribution in [3.05, 3.63) is 65.4 Å². The van der Waals surface area contributed by atoms with Crippen LogP contribution in [-0.2, 0) is 32.5 Å². The van der Waals surface area contributed by atoms with E-state index >= 15 is 0 Å². The molecular formula is C20H20N2O4S. The number of esters is 1. The van der Waals surface area contributed by atoms with E-state index in [1.165, 1.54) is 11.4 Å². The minimum Gasteiger partial charge on any atom is -0.468 e. The maximum absolute atomic E-state index is 13.3. The largest absolute Gasteiger partial charge is 0.468 e. The number of hydrogen-bond donors (Lipinski definition) is 1. The van der Waals surface area contributed by atoms with Crippen LogP contribution >= 0.6 is 0 Å². The van der Waals surface area contributed by atoms with E-state index in [0.717, 1.165) is 27.7 Å². The number of benzene rings is 2. The molecule has 3 aromatic rings. The molecule has 0 spiro atoms. The van der Waals surface area contributed by atoms with E-state index in [-0.39, 0.29) is 17.9 Å². The van der Waals surface area contributed by atoms with E-state index < -0.39 is 22.0 Å². The summed E-state index contributed by atoms with van der Waals surface area (Å²) in [6, 6.07) is 13.5. The average molecular weight is 384 g/mol. The number of carbonyl (C=O) groups is 1. The van der Waals surface area contributed by atoms with Crippen molar-refractivity contribution in [3.8, 4) is 0 Å². The average Bonchev–Trinajstić information content (AvgIpc) is 3.04. The number of aryl methyl sites for hydroxylation is 1. The molecule has 0 saturated carbocycles. The lowest BCUT2D eigenvalue weighted by molar-refractivity contribution is -0.145. The predicted molar refractivity (Wildman–Crippen MR) is 102 cm³/mol. The summed E-state index contributed by atoms with van der Waals surface area (Å²) in [5.74, 6) is -0.554. The van der Waals surface area contributed by atoms with Gasteiger partial charge in [-0.3, -0.25) is 4.79 Å². The maximum Gasteiger partial charge on any atom is 0.324 e. The Morgan fingerprint density at radius 1 is 1.15 bits per heavy atom. The van der Waals surface area contributed by atoms with Crippen LogP contribution in [0.5, 0.6) is 0 Å². The standard InChI is InChI=1S/C20H20N2O4S/c1-13-7-9-14(10-8-13)27(24,25)22-12-18-16(11-19(22)20(23)26-2)15-5-3-4-6-17(15)21-18/h3-10,19,21H,11-12H2,1-2H3/t19-/m1/s1. The summed E-state index contributed by atoms with van der Waals surface area (Å²) < 4.78 is 32.7. The lowest BCUT2D eigenvalue weighted by Gasteiger charge is -2.32. The number of rotatable bonds is 3. The van der Waals surface area contributed by atoms with Crippen molar-refractivity contribution >= 4 is 26.9 Å². The molecule has 1 aliphatic rings. The van der Waals surface area contributed by atoms with Crippen LogP contribution in [-0.4, -0.2) is 36.8 Å². The number of ether oxygens (including phenoxy) is 1. The van der Waals surface area contributed by atoms with Crippen molar-refractivity contribution in [2.45, 2.75) is 30.8 Å². The monoisotopic (exact) mass is 384 g/mol. The van der Waals surface area contributed by atoms with E-state index in [1.54, 1.807) is 24.3 Å². The quantitative estimate of drug-likeness (QED) is 0.704. The second-order valence-electron chi connectivity index (χ2n) is 6.73. The Hall–Kier alpha value is -2.64. The summed E-state index contributed by atoms with van der Waals surface area (Å²) in [4.78, 5) is 15.9. The number of carbonyl (C=O) groups excluding carboxylic acids is 1. The molecule has 0 radical (unpaired) electrons. The molecule has 0 amide bonds. The predicted octanol–water partition coefficient (Wildman–Crippen LogP) is 2.76. The third-order valence-electron chi connectivity index (χ3n) is 5.06. The summed E-state index contributed by atoms with van der Waals surface area (Å²) in [5.41, 5.74) is 3.68. The lowest BCUT2D eigenvalue weighted by Crippen LogP contribution is -2.48. The van der Waals surface area contributed by atoms with Gasteiger partial charge in [-0.05, 0) is 30.7 Å². The van der Waals surface area contributed by atoms with Crippen LogP contribution in [0.1, 0.15) is 16.8 Å². The number of nitrogens with zero attached hydrogens (tertiary/aromatic N) is 1. The van der Waals surface area contributed by atoms with Crippen LogP contribution in [0.25, 0.3) is 10.9 Å². The number of methoxy groups -OCH3 is 1. The van der Waals surface area contributed by atoms with Crippen molar-refractivity contribution in [2.24, 2.45) is 0 Å². The van der Waals surface area contributed by atoms with Gasteiger partial charge in [-0.2, -0.15) is 4.31 Å². The molecule has 7 heteroatoms. The molecule has 2 aromatic carbocycles. The molecule has 4 rings (SSSR count). The van der Waals surface area contributed by atoms with Gasteiger partial charge >= 0.3 is 5.97 Å². The Morgan fingerprint density at radius 3 is 2.56 bits per heavy atom. The van der Waals surface area contributed by atoms with Crippen molar-refractivity contribution in [2.75, 3.05) is 7.11 Å². The van der Waals surface area contributed by atoms with Gasteiger partial charge in [0.25, 0.3) is 0 Å². The molecule has 0 unspecified atom stereocenters. The van der Waals surface area contributed by atoms with Gasteiger partial charge in [-0.1, -0.05) is 35.9 Å². The Bertz CT molecular complexity index is 1120. The van der Waals surface area contributed by atoms with Gasteiger partial charge in [-0.15, -0.1) is 0 Å². The van der Waals surface area contributed by atoms with Gasteiger partial charge < -0.3 is 9.72 Å². The van der Waals surface area contributed by atoms with Crippen molar-refractivity contribution in [1.82, 2.24) is 9.29 Å². The molecule has 1 N–H and O–H groups in total. The number of aromatic nitrogens is 1. The third kappa shape index (κ3) is 2.93. The molecule has 1 aromatic heterocycles. The zero-order valence-electron chi connectivity index (χ0n) is 15.1. The molecule has 0 bridgehead atoms. The van der Waals surface area contributed by atoms with Crippen LogP contribution in [0.2, 0.25) is 0 Å². The highest BCUT2D eigenvalue weighted by Gasteiger charge is 2.41. The van der Waals surface area contributed by atoms with Gasteiger partial charge in [0, 0.05) is 23.0 Å². The fraction of sp³-hybridized carbons (Fsp3) is 0.250. The zero-order valence-corrected chi connectivity index (χ0v) is 15.9. The second kappa shape index (κ2) is 6.51. The number of fused-ring (bicyclic) bond motifs is 3. The first-order chi connectivity index (χ1) is 12.9. The van der Waals surface area contributed by atoms with Crippen molar-refractivity contribution in [1.29, 1.82) is 0 Å². The molecule has 0 fully saturated rings. The molecule has 140 valence electrons. The molecule has 2 heterocycles. The fourth-order valence-corrected chi connectivity index (χ4v) is 5.17. The van der Waals surface area contributed by atoms with E-state index in [4.69, 9.17) is 4.74 Å². The normalized spacial score (nSPS) is 17.6. The number of para-hydroxylation sites is 1. The van der Waals surface area contributed by atoms with E-state index in [2.05, 4.69) is 4.98 Å². The first kappa shape index (κ1) is 17.8. The fourth-order valence-electron chi connectivity index (χ4n) is 3.62. The highest BCUT2D eigenvalue weighted by molar-refractivity contribution is 7.89. The molecular weight excluding hydrogens is 364 g/mol. The van der Waals surface area contributed by atoms with E-state index in [9.17, 15) is 13.2 Å². The highest BCUT2D eigenvalue weighted by Crippen LogP contribution is 2.33. The summed E-state index contributed by atoms with van der Waals surface area (Å²) in [5, 5.41) is 1.01. The number of sulfonamides is 1. The van der Waals surface area contributed by atoms with Crippen LogP contribution in [0.3, 0.4) is 0 Å². The van der Waals surface area contributed by atoms with Gasteiger partial charge in [0.2, 0.25) is 10.0 Å². The molecule has 0 aliphatic carbocycles. The van der Waals surface area contributed by atoms with Crippen LogP contribution < -0.4 is 0 Å². The first-order valence-corrected chi connectivity index (χ1v) is 10.1. The number of aromatic amines is 1. The SMILES string of the molecule is COC(=O)[C@H]1Cc2c([nH]c3ccccc23)CN1S(=O)(=O)c1ccc(C)cc1. The van der Waals surface area contributed by atoms with Crippen molar-refractivity contribution in [3.63, 3.8) is 0 Å². The summed E-state index contributed by atoms with van der Waals surface area (Å²) in [6.45, 7) is 1.99. The Labute approximate surface area is 157 Å². The maximum atomic E-state index is 13.3. The molecule has 0 saturated heterocycles. The third-order valence-corrected chi connectivity index (χ3v) is 6.93. The Kier molecular flexibility index (Phi) is 4.28. The Morgan fingerprint density at radius 2 is 1.85 bits per heavy atom. The van der Waals surface area contributed by atoms with E-state index in [1.807, 2.05) is 31.2 Å². The van der Waals surface area contributed by atoms with E-state index in [0.29, 0.717) is 0 Å². The number of hydrogen-bond acceptors (Lipinski definition) is 4. The summed E-state index contributed by atoms with van der Waals surface area (Å²) >= 11 is 0. The molecule has 6 nitrogen and oxygen atoms in total. The smallest absolute Gasteiger partial charge is 0.324 e. The Balaban J connectivity index is 1.83. The lowest BCUT2D eigenvalue weighted by atomic mass is 9.98.